The highest BCUT2D eigenvalue weighted by Gasteiger charge is 2.38. The van der Waals surface area contributed by atoms with Crippen LogP contribution in [0.4, 0.5) is 0 Å². The van der Waals surface area contributed by atoms with Crippen LogP contribution in [0.3, 0.4) is 0 Å². The Morgan fingerprint density at radius 2 is 1.72 bits per heavy atom. The first-order valence-corrected chi connectivity index (χ1v) is 17.5. The van der Waals surface area contributed by atoms with Crippen molar-refractivity contribution in [1.82, 2.24) is 4.98 Å². The zero-order valence-corrected chi connectivity index (χ0v) is 28.1. The Hall–Kier alpha value is -3.16. The maximum atomic E-state index is 11.6. The number of benzene rings is 1. The second kappa shape index (κ2) is 18.5. The molecular weight excluding hydrogens is 562 g/mol. The molecule has 0 aliphatic heterocycles. The van der Waals surface area contributed by atoms with E-state index >= 15 is 0 Å². The van der Waals surface area contributed by atoms with Crippen molar-refractivity contribution in [2.75, 3.05) is 27.9 Å². The van der Waals surface area contributed by atoms with E-state index in [2.05, 4.69) is 62.3 Å². The molecule has 1 aromatic carbocycles. The van der Waals surface area contributed by atoms with E-state index in [4.69, 9.17) is 23.1 Å². The molecule has 8 nitrogen and oxygen atoms in total. The number of rotatable bonds is 18. The molecule has 0 amide bonds. The summed E-state index contributed by atoms with van der Waals surface area (Å²) in [6.07, 6.45) is 9.66. The first kappa shape index (κ1) is 36.0. The number of oxazole rings is 1. The Morgan fingerprint density at radius 3 is 2.33 bits per heavy atom. The molecule has 1 heterocycles. The van der Waals surface area contributed by atoms with Crippen molar-refractivity contribution in [3.8, 4) is 17.6 Å². The van der Waals surface area contributed by atoms with E-state index < -0.39 is 14.3 Å². The average Bonchev–Trinajstić information content (AvgIpc) is 3.50. The summed E-state index contributed by atoms with van der Waals surface area (Å²) >= 11 is 0. The smallest absolute Gasteiger partial charge is 0.360 e. The molecule has 0 unspecified atom stereocenters. The number of carbonyl (C=O) groups excluding carboxylic acids is 1. The first-order chi connectivity index (χ1) is 20.6. The van der Waals surface area contributed by atoms with E-state index in [0.29, 0.717) is 25.5 Å². The standard InChI is InChI=1S/C34H49NO7Si/c1-9-43(10-2,11-3)42-31(34(4,5)26-40-24-27-19-21-28(37-6)22-20-27)18-16-14-12-13-15-17-29(38-7)23-32-35-30(25-41-32)33(36)39-8/h14-17,19-22,25,29,31H,9-11,18,23-24,26H2,1-8H3/b16-14-,17-15+/t29-,31-/m0/s1. The van der Waals surface area contributed by atoms with Crippen LogP contribution in [0.2, 0.25) is 18.1 Å². The van der Waals surface area contributed by atoms with Gasteiger partial charge in [0.1, 0.15) is 12.0 Å². The van der Waals surface area contributed by atoms with Gasteiger partial charge in [-0.25, -0.2) is 9.78 Å². The van der Waals surface area contributed by atoms with Gasteiger partial charge in [0, 0.05) is 12.5 Å². The van der Waals surface area contributed by atoms with E-state index in [1.165, 1.54) is 13.4 Å². The van der Waals surface area contributed by atoms with Crippen molar-refractivity contribution in [2.24, 2.45) is 5.41 Å². The normalized spacial score (nSPS) is 13.6. The highest BCUT2D eigenvalue weighted by Crippen LogP contribution is 2.34. The third-order valence-electron chi connectivity index (χ3n) is 7.75. The second-order valence-corrected chi connectivity index (χ2v) is 15.8. The molecule has 2 atom stereocenters. The number of aromatic nitrogens is 1. The van der Waals surface area contributed by atoms with Gasteiger partial charge in [-0.15, -0.1) is 0 Å². The summed E-state index contributed by atoms with van der Waals surface area (Å²) in [5.41, 5.74) is 1.05. The van der Waals surface area contributed by atoms with Crippen molar-refractivity contribution in [2.45, 2.75) is 84.4 Å². The Kier molecular flexibility index (Phi) is 15.5. The fourth-order valence-corrected chi connectivity index (χ4v) is 7.60. The summed E-state index contributed by atoms with van der Waals surface area (Å²) in [4.78, 5) is 15.7. The number of methoxy groups -OCH3 is 3. The number of esters is 1. The molecule has 0 bridgehead atoms. The fourth-order valence-electron chi connectivity index (χ4n) is 4.58. The average molecular weight is 612 g/mol. The zero-order valence-electron chi connectivity index (χ0n) is 27.1. The maximum Gasteiger partial charge on any atom is 0.360 e. The van der Waals surface area contributed by atoms with Crippen molar-refractivity contribution < 1.29 is 32.6 Å². The molecule has 43 heavy (non-hydrogen) atoms. The van der Waals surface area contributed by atoms with Gasteiger partial charge >= 0.3 is 5.97 Å². The van der Waals surface area contributed by atoms with Crippen LogP contribution in [-0.4, -0.2) is 59.4 Å². The second-order valence-electron chi connectivity index (χ2n) is 11.1. The van der Waals surface area contributed by atoms with E-state index in [9.17, 15) is 4.79 Å². The van der Waals surface area contributed by atoms with Crippen molar-refractivity contribution in [3.63, 3.8) is 0 Å². The van der Waals surface area contributed by atoms with Crippen LogP contribution >= 0.6 is 0 Å². The molecule has 0 fully saturated rings. The Balaban J connectivity index is 2.02. The molecule has 0 spiro atoms. The van der Waals surface area contributed by atoms with Gasteiger partial charge in [-0.2, -0.15) is 0 Å². The molecule has 2 rings (SSSR count). The highest BCUT2D eigenvalue weighted by atomic mass is 28.4. The molecule has 236 valence electrons. The van der Waals surface area contributed by atoms with Gasteiger partial charge in [0.05, 0.1) is 46.1 Å². The van der Waals surface area contributed by atoms with E-state index in [1.807, 2.05) is 36.4 Å². The van der Waals surface area contributed by atoms with E-state index in [0.717, 1.165) is 35.9 Å². The number of ether oxygens (including phenoxy) is 4. The fraction of sp³-hybridized carbons (Fsp3) is 0.529. The number of allylic oxidation sites excluding steroid dienone is 2. The molecule has 1 aromatic heterocycles. The lowest BCUT2D eigenvalue weighted by atomic mass is 9.85. The summed E-state index contributed by atoms with van der Waals surface area (Å²) in [5.74, 6) is 6.80. The zero-order chi connectivity index (χ0) is 31.7. The Morgan fingerprint density at radius 1 is 1.05 bits per heavy atom. The monoisotopic (exact) mass is 611 g/mol. The number of hydrogen-bond donors (Lipinski definition) is 0. The molecule has 0 saturated heterocycles. The minimum Gasteiger partial charge on any atom is -0.497 e. The van der Waals surface area contributed by atoms with Gasteiger partial charge < -0.3 is 27.8 Å². The van der Waals surface area contributed by atoms with Crippen LogP contribution in [0.5, 0.6) is 5.75 Å². The molecule has 9 heteroatoms. The predicted octanol–water partition coefficient (Wildman–Crippen LogP) is 7.17. The van der Waals surface area contributed by atoms with Crippen LogP contribution < -0.4 is 4.74 Å². The van der Waals surface area contributed by atoms with Gasteiger partial charge in [-0.1, -0.05) is 64.7 Å². The summed E-state index contributed by atoms with van der Waals surface area (Å²) in [6, 6.07) is 11.2. The van der Waals surface area contributed by atoms with Crippen LogP contribution in [0, 0.1) is 17.3 Å². The quantitative estimate of drug-likeness (QED) is 0.0996. The third-order valence-corrected chi connectivity index (χ3v) is 12.4. The van der Waals surface area contributed by atoms with Gasteiger partial charge in [0.25, 0.3) is 0 Å². The molecular formula is C34H49NO7Si. The van der Waals surface area contributed by atoms with Gasteiger partial charge in [-0.05, 0) is 60.5 Å². The van der Waals surface area contributed by atoms with Crippen LogP contribution in [-0.2, 0) is 31.7 Å². The minimum absolute atomic E-state index is 0.0111. The summed E-state index contributed by atoms with van der Waals surface area (Å²) in [6.45, 7) is 12.3. The van der Waals surface area contributed by atoms with Crippen LogP contribution in [0.1, 0.15) is 63.0 Å². The van der Waals surface area contributed by atoms with Gasteiger partial charge in [-0.3, -0.25) is 0 Å². The van der Waals surface area contributed by atoms with Gasteiger partial charge in [0.2, 0.25) is 0 Å². The molecule has 0 N–H and O–H groups in total. The highest BCUT2D eigenvalue weighted by molar-refractivity contribution is 6.73. The van der Waals surface area contributed by atoms with Crippen LogP contribution in [0.15, 0.2) is 59.2 Å². The van der Waals surface area contributed by atoms with Gasteiger partial charge in [0.15, 0.2) is 19.9 Å². The number of carbonyl (C=O) groups is 1. The van der Waals surface area contributed by atoms with Crippen molar-refractivity contribution in [3.05, 3.63) is 72.0 Å². The molecule has 0 aliphatic carbocycles. The lowest BCUT2D eigenvalue weighted by Crippen LogP contribution is -2.46. The van der Waals surface area contributed by atoms with Crippen LogP contribution in [0.25, 0.3) is 0 Å². The Labute approximate surface area is 258 Å². The maximum absolute atomic E-state index is 11.6. The third kappa shape index (κ3) is 11.8. The SMILES string of the molecule is CC[Si](CC)(CC)O[C@@H](C/C=C\C#C/C=C/[C@@H](Cc1nc(C(=O)OC)co1)OC)C(C)(C)COCc1ccc(OC)cc1. The molecule has 0 radical (unpaired) electrons. The summed E-state index contributed by atoms with van der Waals surface area (Å²) in [7, 11) is 2.72. The number of hydrogen-bond acceptors (Lipinski definition) is 8. The predicted molar refractivity (Wildman–Crippen MR) is 172 cm³/mol. The molecule has 0 aliphatic rings. The summed E-state index contributed by atoms with van der Waals surface area (Å²) < 4.78 is 33.9. The largest absolute Gasteiger partial charge is 0.497 e. The lowest BCUT2D eigenvalue weighted by Gasteiger charge is -2.41. The molecule has 2 aromatic rings. The topological polar surface area (TPSA) is 89.3 Å². The lowest BCUT2D eigenvalue weighted by molar-refractivity contribution is -0.0207. The number of nitrogens with zero attached hydrogens (tertiary/aromatic N) is 1. The van der Waals surface area contributed by atoms with E-state index in [-0.39, 0.29) is 23.3 Å². The molecule has 0 saturated carbocycles. The van der Waals surface area contributed by atoms with E-state index in [1.54, 1.807) is 20.3 Å². The minimum atomic E-state index is -1.84. The van der Waals surface area contributed by atoms with Crippen molar-refractivity contribution >= 4 is 14.3 Å². The summed E-state index contributed by atoms with van der Waals surface area (Å²) in [5, 5.41) is 0. The first-order valence-electron chi connectivity index (χ1n) is 14.9. The van der Waals surface area contributed by atoms with Crippen molar-refractivity contribution in [1.29, 1.82) is 0 Å². The Bertz CT molecular complexity index is 1210.